The van der Waals surface area contributed by atoms with Crippen molar-refractivity contribution in [1.82, 2.24) is 9.62 Å². The van der Waals surface area contributed by atoms with Crippen molar-refractivity contribution < 1.29 is 17.9 Å². The Morgan fingerprint density at radius 1 is 1.07 bits per heavy atom. The van der Waals surface area contributed by atoms with Crippen LogP contribution in [0.5, 0.6) is 0 Å². The standard InChI is InChI=1S/C22H26N2O4S/c25-22(28-16-17-7-2-1-3-8-17)24-14-6-10-19(15-24)29(26,27)23-21-13-12-18-9-4-5-11-20(18)21/h1-5,7-9,11,19,21,23H,6,10,12-16H2/t19-,21+/m0/s1. The number of hydrogen-bond acceptors (Lipinski definition) is 4. The highest BCUT2D eigenvalue weighted by atomic mass is 32.2. The smallest absolute Gasteiger partial charge is 0.410 e. The van der Waals surface area contributed by atoms with Gasteiger partial charge in [0, 0.05) is 19.1 Å². The molecule has 1 aliphatic heterocycles. The number of benzene rings is 2. The van der Waals surface area contributed by atoms with Crippen LogP contribution in [0.4, 0.5) is 4.79 Å². The van der Waals surface area contributed by atoms with E-state index in [1.807, 2.05) is 48.5 Å². The molecule has 1 fully saturated rings. The third kappa shape index (κ3) is 4.62. The molecule has 1 heterocycles. The van der Waals surface area contributed by atoms with Crippen LogP contribution < -0.4 is 4.72 Å². The van der Waals surface area contributed by atoms with Crippen LogP contribution in [0.3, 0.4) is 0 Å². The Labute approximate surface area is 171 Å². The second kappa shape index (κ2) is 8.55. The van der Waals surface area contributed by atoms with E-state index in [2.05, 4.69) is 10.8 Å². The van der Waals surface area contributed by atoms with E-state index in [-0.39, 0.29) is 19.2 Å². The molecule has 6 nitrogen and oxygen atoms in total. The van der Waals surface area contributed by atoms with Gasteiger partial charge >= 0.3 is 6.09 Å². The number of sulfonamides is 1. The van der Waals surface area contributed by atoms with Gasteiger partial charge in [-0.1, -0.05) is 54.6 Å². The Kier molecular flexibility index (Phi) is 5.87. The Morgan fingerprint density at radius 2 is 1.83 bits per heavy atom. The summed E-state index contributed by atoms with van der Waals surface area (Å²) in [5.74, 6) is 0. The maximum atomic E-state index is 13.0. The number of aryl methyl sites for hydroxylation is 1. The number of nitrogens with zero attached hydrogens (tertiary/aromatic N) is 1. The molecule has 2 aromatic carbocycles. The first-order valence-corrected chi connectivity index (χ1v) is 11.6. The third-order valence-corrected chi connectivity index (χ3v) is 7.60. The van der Waals surface area contributed by atoms with E-state index in [1.54, 1.807) is 0 Å². The molecule has 2 aromatic rings. The zero-order valence-corrected chi connectivity index (χ0v) is 17.1. The molecule has 7 heteroatoms. The number of hydrogen-bond donors (Lipinski definition) is 1. The highest BCUT2D eigenvalue weighted by Crippen LogP contribution is 2.32. The Morgan fingerprint density at radius 3 is 2.66 bits per heavy atom. The maximum absolute atomic E-state index is 13.0. The van der Waals surface area contributed by atoms with Crippen molar-refractivity contribution in [3.05, 3.63) is 71.3 Å². The number of rotatable bonds is 5. The second-order valence-electron chi connectivity index (χ2n) is 7.70. The molecule has 1 saturated heterocycles. The zero-order chi connectivity index (χ0) is 20.3. The molecular formula is C22H26N2O4S. The molecular weight excluding hydrogens is 388 g/mol. The van der Waals surface area contributed by atoms with Gasteiger partial charge in [-0.2, -0.15) is 0 Å². The van der Waals surface area contributed by atoms with E-state index >= 15 is 0 Å². The summed E-state index contributed by atoms with van der Waals surface area (Å²) < 4.78 is 34.3. The van der Waals surface area contributed by atoms with E-state index in [0.717, 1.165) is 24.0 Å². The van der Waals surface area contributed by atoms with Crippen molar-refractivity contribution in [2.45, 2.75) is 43.6 Å². The van der Waals surface area contributed by atoms with Gasteiger partial charge < -0.3 is 9.64 Å². The fraction of sp³-hybridized carbons (Fsp3) is 0.409. The first-order valence-electron chi connectivity index (χ1n) is 10.1. The van der Waals surface area contributed by atoms with Gasteiger partial charge in [0.2, 0.25) is 10.0 Å². The lowest BCUT2D eigenvalue weighted by atomic mass is 10.1. The number of piperidine rings is 1. The van der Waals surface area contributed by atoms with Crippen LogP contribution in [0.1, 0.15) is 42.0 Å². The molecule has 0 bridgehead atoms. The summed E-state index contributed by atoms with van der Waals surface area (Å²) in [4.78, 5) is 14.0. The highest BCUT2D eigenvalue weighted by Gasteiger charge is 2.36. The Hall–Kier alpha value is -2.38. The molecule has 2 aliphatic rings. The molecule has 4 rings (SSSR count). The first-order chi connectivity index (χ1) is 14.0. The van der Waals surface area contributed by atoms with Crippen molar-refractivity contribution in [3.63, 3.8) is 0 Å². The molecule has 0 radical (unpaired) electrons. The first kappa shape index (κ1) is 19.9. The van der Waals surface area contributed by atoms with E-state index < -0.39 is 21.4 Å². The summed E-state index contributed by atoms with van der Waals surface area (Å²) in [6, 6.07) is 17.2. The van der Waals surface area contributed by atoms with E-state index in [0.29, 0.717) is 19.4 Å². The molecule has 1 amide bonds. The fourth-order valence-electron chi connectivity index (χ4n) is 4.14. The lowest BCUT2D eigenvalue weighted by Crippen LogP contribution is -2.48. The molecule has 29 heavy (non-hydrogen) atoms. The van der Waals surface area contributed by atoms with Crippen LogP contribution in [0.25, 0.3) is 0 Å². The van der Waals surface area contributed by atoms with Gasteiger partial charge in [-0.05, 0) is 42.4 Å². The van der Waals surface area contributed by atoms with Crippen molar-refractivity contribution in [2.24, 2.45) is 0 Å². The molecule has 0 aromatic heterocycles. The normalized spacial score (nSPS) is 21.6. The highest BCUT2D eigenvalue weighted by molar-refractivity contribution is 7.90. The number of fused-ring (bicyclic) bond motifs is 1. The SMILES string of the molecule is O=C(OCc1ccccc1)N1CCC[C@H](S(=O)(=O)N[C@@H]2CCc3ccccc32)C1. The van der Waals surface area contributed by atoms with Crippen molar-refractivity contribution >= 4 is 16.1 Å². The predicted octanol–water partition coefficient (Wildman–Crippen LogP) is 3.39. The zero-order valence-electron chi connectivity index (χ0n) is 16.3. The van der Waals surface area contributed by atoms with Gasteiger partial charge in [-0.3, -0.25) is 0 Å². The van der Waals surface area contributed by atoms with Crippen LogP contribution in [0.15, 0.2) is 54.6 Å². The van der Waals surface area contributed by atoms with Crippen molar-refractivity contribution in [1.29, 1.82) is 0 Å². The lowest BCUT2D eigenvalue weighted by Gasteiger charge is -2.32. The van der Waals surface area contributed by atoms with Crippen molar-refractivity contribution in [3.8, 4) is 0 Å². The van der Waals surface area contributed by atoms with Gasteiger partial charge in [0.25, 0.3) is 0 Å². The van der Waals surface area contributed by atoms with Crippen LogP contribution in [-0.2, 0) is 27.8 Å². The number of likely N-dealkylation sites (tertiary alicyclic amines) is 1. The Balaban J connectivity index is 1.36. The Bertz CT molecular complexity index is 962. The molecule has 0 spiro atoms. The number of carbonyl (C=O) groups is 1. The summed E-state index contributed by atoms with van der Waals surface area (Å²) in [6.45, 7) is 0.869. The third-order valence-electron chi connectivity index (χ3n) is 5.72. The maximum Gasteiger partial charge on any atom is 0.410 e. The predicted molar refractivity (Wildman–Crippen MR) is 111 cm³/mol. The molecule has 0 unspecified atom stereocenters. The van der Waals surface area contributed by atoms with Gasteiger partial charge in [0.15, 0.2) is 0 Å². The minimum Gasteiger partial charge on any atom is -0.445 e. The molecule has 2 atom stereocenters. The summed E-state index contributed by atoms with van der Waals surface area (Å²) in [5.41, 5.74) is 3.17. The molecule has 1 aliphatic carbocycles. The van der Waals surface area contributed by atoms with Gasteiger partial charge in [-0.25, -0.2) is 17.9 Å². The average molecular weight is 415 g/mol. The summed E-state index contributed by atoms with van der Waals surface area (Å²) in [5, 5.41) is -0.617. The molecule has 154 valence electrons. The number of ether oxygens (including phenoxy) is 1. The average Bonchev–Trinajstić information content (AvgIpc) is 3.15. The fourth-order valence-corrected chi connectivity index (χ4v) is 5.83. The topological polar surface area (TPSA) is 75.7 Å². The second-order valence-corrected chi connectivity index (χ2v) is 9.70. The summed E-state index contributed by atoms with van der Waals surface area (Å²) in [6.07, 6.45) is 2.39. The minimum absolute atomic E-state index is 0.164. The summed E-state index contributed by atoms with van der Waals surface area (Å²) >= 11 is 0. The van der Waals surface area contributed by atoms with Gasteiger partial charge in [0.05, 0.1) is 5.25 Å². The van der Waals surface area contributed by atoms with E-state index in [4.69, 9.17) is 4.74 Å². The minimum atomic E-state index is -3.54. The van der Waals surface area contributed by atoms with E-state index in [1.165, 1.54) is 10.5 Å². The number of nitrogens with one attached hydrogen (secondary N) is 1. The van der Waals surface area contributed by atoms with Crippen LogP contribution in [-0.4, -0.2) is 37.8 Å². The van der Waals surface area contributed by atoms with Crippen molar-refractivity contribution in [2.75, 3.05) is 13.1 Å². The number of carbonyl (C=O) groups excluding carboxylic acids is 1. The van der Waals surface area contributed by atoms with Crippen LogP contribution >= 0.6 is 0 Å². The van der Waals surface area contributed by atoms with Crippen LogP contribution in [0, 0.1) is 0 Å². The molecule has 0 saturated carbocycles. The van der Waals surface area contributed by atoms with Gasteiger partial charge in [0.1, 0.15) is 6.61 Å². The quantitative estimate of drug-likeness (QED) is 0.814. The van der Waals surface area contributed by atoms with Gasteiger partial charge in [-0.15, -0.1) is 0 Å². The molecule has 1 N–H and O–H groups in total. The summed E-state index contributed by atoms with van der Waals surface area (Å²) in [7, 11) is -3.54. The number of amides is 1. The van der Waals surface area contributed by atoms with E-state index in [9.17, 15) is 13.2 Å². The van der Waals surface area contributed by atoms with Crippen LogP contribution in [0.2, 0.25) is 0 Å². The largest absolute Gasteiger partial charge is 0.445 e. The lowest BCUT2D eigenvalue weighted by molar-refractivity contribution is 0.0899. The monoisotopic (exact) mass is 414 g/mol.